The fourth-order valence-electron chi connectivity index (χ4n) is 2.34. The van der Waals surface area contributed by atoms with Gasteiger partial charge in [-0.25, -0.2) is 13.9 Å². The fourth-order valence-corrected chi connectivity index (χ4v) is 3.24. The van der Waals surface area contributed by atoms with E-state index in [1.54, 1.807) is 41.0 Å². The maximum absolute atomic E-state index is 13.8. The average Bonchev–Trinajstić information content (AvgIpc) is 3.14. The monoisotopic (exact) mass is 340 g/mol. The van der Waals surface area contributed by atoms with E-state index >= 15 is 0 Å². The Labute approximate surface area is 139 Å². The van der Waals surface area contributed by atoms with Crippen LogP contribution in [-0.4, -0.2) is 19.5 Å². The van der Waals surface area contributed by atoms with Crippen molar-refractivity contribution in [1.29, 1.82) is 0 Å². The Morgan fingerprint density at radius 1 is 1.12 bits per heavy atom. The molecule has 0 radical (unpaired) electrons. The molecule has 0 aliphatic heterocycles. The average molecular weight is 340 g/mol. The topological polar surface area (TPSA) is 73.3 Å². The van der Waals surface area contributed by atoms with Crippen LogP contribution in [-0.2, 0) is 0 Å². The number of nitro benzene ring substituents is 1. The van der Waals surface area contributed by atoms with Crippen LogP contribution in [0, 0.1) is 15.9 Å². The molecule has 118 valence electrons. The zero-order valence-electron chi connectivity index (χ0n) is 12.1. The second-order valence-electron chi connectivity index (χ2n) is 5.04. The van der Waals surface area contributed by atoms with E-state index < -0.39 is 4.92 Å². The summed E-state index contributed by atoms with van der Waals surface area (Å²) >= 11 is 1.28. The Morgan fingerprint density at radius 3 is 2.54 bits per heavy atom. The van der Waals surface area contributed by atoms with Gasteiger partial charge in [0, 0.05) is 23.3 Å². The van der Waals surface area contributed by atoms with Gasteiger partial charge in [-0.2, -0.15) is 5.10 Å². The summed E-state index contributed by atoms with van der Waals surface area (Å²) in [4.78, 5) is 15.3. The van der Waals surface area contributed by atoms with Crippen LogP contribution < -0.4 is 0 Å². The molecule has 0 saturated carbocycles. The molecule has 0 unspecified atom stereocenters. The van der Waals surface area contributed by atoms with Crippen LogP contribution in [0.15, 0.2) is 54.7 Å². The molecule has 2 aromatic carbocycles. The molecule has 0 atom stereocenters. The van der Waals surface area contributed by atoms with Crippen molar-refractivity contribution in [1.82, 2.24) is 14.6 Å². The highest BCUT2D eigenvalue weighted by Crippen LogP contribution is 2.29. The molecule has 0 saturated heterocycles. The summed E-state index contributed by atoms with van der Waals surface area (Å²) in [6, 6.07) is 12.6. The Kier molecular flexibility index (Phi) is 3.31. The Bertz CT molecular complexity index is 1020. The minimum absolute atomic E-state index is 0.0275. The first kappa shape index (κ1) is 14.5. The van der Waals surface area contributed by atoms with E-state index in [9.17, 15) is 14.5 Å². The van der Waals surface area contributed by atoms with E-state index in [1.807, 2.05) is 0 Å². The number of nitro groups is 1. The predicted molar refractivity (Wildman–Crippen MR) is 88.3 cm³/mol. The maximum Gasteiger partial charge on any atom is 0.269 e. The van der Waals surface area contributed by atoms with Crippen LogP contribution >= 0.6 is 11.3 Å². The number of imidazole rings is 1. The first-order valence-corrected chi connectivity index (χ1v) is 7.79. The van der Waals surface area contributed by atoms with Crippen molar-refractivity contribution in [3.8, 4) is 21.8 Å². The van der Waals surface area contributed by atoms with Crippen molar-refractivity contribution in [3.05, 3.63) is 70.7 Å². The lowest BCUT2D eigenvalue weighted by molar-refractivity contribution is -0.384. The molecular formula is C16H9FN4O2S. The van der Waals surface area contributed by atoms with Crippen molar-refractivity contribution in [2.24, 2.45) is 0 Å². The number of halogens is 1. The minimum atomic E-state index is -0.447. The SMILES string of the molecule is O=[N+]([O-])c1ccc(-c2cn3nc(-c4ccccc4F)sc3n2)cc1. The number of fused-ring (bicyclic) bond motifs is 1. The summed E-state index contributed by atoms with van der Waals surface area (Å²) in [5.41, 5.74) is 1.87. The van der Waals surface area contributed by atoms with Crippen LogP contribution in [0.2, 0.25) is 0 Å². The molecule has 24 heavy (non-hydrogen) atoms. The number of nitrogens with zero attached hydrogens (tertiary/aromatic N) is 4. The number of hydrogen-bond acceptors (Lipinski definition) is 5. The molecule has 4 aromatic rings. The largest absolute Gasteiger partial charge is 0.269 e. The number of aromatic nitrogens is 3. The zero-order chi connectivity index (χ0) is 16.7. The van der Waals surface area contributed by atoms with E-state index in [-0.39, 0.29) is 11.5 Å². The van der Waals surface area contributed by atoms with Crippen LogP contribution in [0.1, 0.15) is 0 Å². The van der Waals surface area contributed by atoms with Crippen molar-refractivity contribution in [3.63, 3.8) is 0 Å². The Balaban J connectivity index is 1.71. The molecule has 0 aliphatic carbocycles. The second-order valence-corrected chi connectivity index (χ2v) is 6.00. The third-order valence-corrected chi connectivity index (χ3v) is 4.48. The number of benzene rings is 2. The molecule has 0 fully saturated rings. The van der Waals surface area contributed by atoms with E-state index in [0.717, 1.165) is 5.56 Å². The quantitative estimate of drug-likeness (QED) is 0.414. The van der Waals surface area contributed by atoms with Crippen molar-refractivity contribution < 1.29 is 9.31 Å². The van der Waals surface area contributed by atoms with Gasteiger partial charge in [-0.15, -0.1) is 0 Å². The van der Waals surface area contributed by atoms with Gasteiger partial charge in [-0.05, 0) is 24.3 Å². The van der Waals surface area contributed by atoms with Gasteiger partial charge in [-0.3, -0.25) is 10.1 Å². The van der Waals surface area contributed by atoms with Gasteiger partial charge in [0.15, 0.2) is 5.01 Å². The fraction of sp³-hybridized carbons (Fsp3) is 0. The van der Waals surface area contributed by atoms with E-state index in [0.29, 0.717) is 21.2 Å². The standard InChI is InChI=1S/C16H9FN4O2S/c17-13-4-2-1-3-12(13)15-19-20-9-14(18-16(20)24-15)10-5-7-11(8-6-10)21(22)23/h1-9H. The van der Waals surface area contributed by atoms with Gasteiger partial charge in [0.25, 0.3) is 5.69 Å². The van der Waals surface area contributed by atoms with E-state index in [1.165, 1.54) is 29.5 Å². The number of non-ortho nitro benzene ring substituents is 1. The van der Waals surface area contributed by atoms with Crippen LogP contribution in [0.4, 0.5) is 10.1 Å². The highest BCUT2D eigenvalue weighted by Gasteiger charge is 2.14. The zero-order valence-corrected chi connectivity index (χ0v) is 12.9. The summed E-state index contributed by atoms with van der Waals surface area (Å²) in [7, 11) is 0. The van der Waals surface area contributed by atoms with Crippen molar-refractivity contribution in [2.75, 3.05) is 0 Å². The summed E-state index contributed by atoms with van der Waals surface area (Å²) in [6.45, 7) is 0. The van der Waals surface area contributed by atoms with Gasteiger partial charge in [-0.1, -0.05) is 23.5 Å². The summed E-state index contributed by atoms with van der Waals surface area (Å²) in [6.07, 6.45) is 1.72. The van der Waals surface area contributed by atoms with Gasteiger partial charge in [0.05, 0.1) is 16.8 Å². The van der Waals surface area contributed by atoms with Gasteiger partial charge in [0.1, 0.15) is 5.82 Å². The third kappa shape index (κ3) is 2.42. The van der Waals surface area contributed by atoms with Crippen molar-refractivity contribution in [2.45, 2.75) is 0 Å². The summed E-state index contributed by atoms with van der Waals surface area (Å²) < 4.78 is 15.4. The lowest BCUT2D eigenvalue weighted by atomic mass is 10.1. The highest BCUT2D eigenvalue weighted by atomic mass is 32.1. The smallest absolute Gasteiger partial charge is 0.258 e. The molecule has 2 aromatic heterocycles. The first-order valence-electron chi connectivity index (χ1n) is 6.98. The normalized spacial score (nSPS) is 11.0. The summed E-state index contributed by atoms with van der Waals surface area (Å²) in [5, 5.41) is 15.6. The molecular weight excluding hydrogens is 331 g/mol. The molecule has 4 rings (SSSR count). The molecule has 0 amide bonds. The number of hydrogen-bond donors (Lipinski definition) is 0. The lowest BCUT2D eigenvalue weighted by Crippen LogP contribution is -1.87. The minimum Gasteiger partial charge on any atom is -0.258 e. The lowest BCUT2D eigenvalue weighted by Gasteiger charge is -1.97. The predicted octanol–water partition coefficient (Wildman–Crippen LogP) is 4.17. The molecule has 2 heterocycles. The van der Waals surface area contributed by atoms with Gasteiger partial charge in [0.2, 0.25) is 4.96 Å². The van der Waals surface area contributed by atoms with Crippen LogP contribution in [0.3, 0.4) is 0 Å². The molecule has 8 heteroatoms. The molecule has 6 nitrogen and oxygen atoms in total. The molecule has 0 spiro atoms. The van der Waals surface area contributed by atoms with E-state index in [4.69, 9.17) is 0 Å². The third-order valence-electron chi connectivity index (χ3n) is 3.52. The van der Waals surface area contributed by atoms with Crippen molar-refractivity contribution >= 4 is 22.0 Å². The first-order chi connectivity index (χ1) is 11.6. The second kappa shape index (κ2) is 5.50. The summed E-state index contributed by atoms with van der Waals surface area (Å²) in [5.74, 6) is -0.329. The Hall–Kier alpha value is -3.13. The van der Waals surface area contributed by atoms with Crippen LogP contribution in [0.5, 0.6) is 0 Å². The molecule has 0 bridgehead atoms. The van der Waals surface area contributed by atoms with Gasteiger partial charge < -0.3 is 0 Å². The molecule has 0 aliphatic rings. The van der Waals surface area contributed by atoms with Crippen LogP contribution in [0.25, 0.3) is 26.8 Å². The maximum atomic E-state index is 13.8. The highest BCUT2D eigenvalue weighted by molar-refractivity contribution is 7.19. The van der Waals surface area contributed by atoms with Gasteiger partial charge >= 0.3 is 0 Å². The van der Waals surface area contributed by atoms with E-state index in [2.05, 4.69) is 10.1 Å². The molecule has 0 N–H and O–H groups in total. The number of rotatable bonds is 3. The Morgan fingerprint density at radius 2 is 1.88 bits per heavy atom.